The fourth-order valence-electron chi connectivity index (χ4n) is 5.80. The molecular weight excluding hydrogens is 596 g/mol. The molecule has 0 heterocycles. The quantitative estimate of drug-likeness (QED) is 0.0403. The Morgan fingerprint density at radius 2 is 0.833 bits per heavy atom. The number of aliphatic hydroxyl groups excluding tert-OH is 1. The van der Waals surface area contributed by atoms with Gasteiger partial charge in [-0.3, -0.25) is 9.59 Å². The smallest absolute Gasteiger partial charge is 0.306 e. The number of unbranched alkanes of at least 4 members (excludes halogenated alkanes) is 23. The average Bonchev–Trinajstić information content (AvgIpc) is 3.09. The fourth-order valence-corrected chi connectivity index (χ4v) is 5.80. The maximum atomic E-state index is 12.2. The first-order chi connectivity index (χ1) is 23.6. The third-order valence-corrected chi connectivity index (χ3v) is 8.94. The summed E-state index contributed by atoms with van der Waals surface area (Å²) in [4.78, 5) is 24.3. The summed E-state index contributed by atoms with van der Waals surface area (Å²) in [7, 11) is 0. The minimum absolute atomic E-state index is 0.0721. The van der Waals surface area contributed by atoms with Crippen LogP contribution in [0.2, 0.25) is 0 Å². The lowest BCUT2D eigenvalue weighted by molar-refractivity contribution is -0.161. The molecule has 1 unspecified atom stereocenters. The van der Waals surface area contributed by atoms with E-state index in [1.54, 1.807) is 0 Å². The van der Waals surface area contributed by atoms with Crippen molar-refractivity contribution in [2.75, 3.05) is 13.2 Å². The number of aliphatic hydroxyl groups is 1. The van der Waals surface area contributed by atoms with Crippen molar-refractivity contribution in [3.05, 3.63) is 36.5 Å². The number of allylic oxidation sites excluding steroid dienone is 6. The molecule has 280 valence electrons. The van der Waals surface area contributed by atoms with Gasteiger partial charge in [0.2, 0.25) is 0 Å². The van der Waals surface area contributed by atoms with Gasteiger partial charge < -0.3 is 14.6 Å². The highest BCUT2D eigenvalue weighted by Crippen LogP contribution is 2.15. The van der Waals surface area contributed by atoms with Gasteiger partial charge in [-0.15, -0.1) is 0 Å². The van der Waals surface area contributed by atoms with E-state index >= 15 is 0 Å². The van der Waals surface area contributed by atoms with Crippen molar-refractivity contribution in [1.82, 2.24) is 0 Å². The Hall–Kier alpha value is -1.88. The van der Waals surface area contributed by atoms with Crippen LogP contribution in [0.1, 0.15) is 206 Å². The van der Waals surface area contributed by atoms with Crippen LogP contribution in [0.4, 0.5) is 0 Å². The Kier molecular flexibility index (Phi) is 38.0. The van der Waals surface area contributed by atoms with E-state index in [-0.39, 0.29) is 25.2 Å². The Morgan fingerprint density at radius 3 is 1.29 bits per heavy atom. The molecule has 0 aliphatic rings. The number of hydrogen-bond donors (Lipinski definition) is 1. The number of hydrogen-bond acceptors (Lipinski definition) is 5. The van der Waals surface area contributed by atoms with Crippen molar-refractivity contribution in [2.24, 2.45) is 0 Å². The van der Waals surface area contributed by atoms with Crippen molar-refractivity contribution in [1.29, 1.82) is 0 Å². The monoisotopic (exact) mass is 675 g/mol. The van der Waals surface area contributed by atoms with Crippen molar-refractivity contribution >= 4 is 11.9 Å². The summed E-state index contributed by atoms with van der Waals surface area (Å²) in [5, 5.41) is 9.56. The molecule has 0 fully saturated rings. The zero-order valence-corrected chi connectivity index (χ0v) is 31.7. The zero-order valence-electron chi connectivity index (χ0n) is 31.7. The van der Waals surface area contributed by atoms with Crippen LogP contribution in [-0.4, -0.2) is 36.4 Å². The molecule has 0 amide bonds. The SMILES string of the molecule is CCCCCC=CCC=CCC=CCCCCCCC(=O)OC(CO)COC(=O)CCCCCCCCCCCCCCCCCCC. The van der Waals surface area contributed by atoms with Gasteiger partial charge in [-0.2, -0.15) is 0 Å². The van der Waals surface area contributed by atoms with Gasteiger partial charge in [0.15, 0.2) is 6.10 Å². The van der Waals surface area contributed by atoms with E-state index in [0.717, 1.165) is 64.2 Å². The molecule has 5 nitrogen and oxygen atoms in total. The number of esters is 2. The van der Waals surface area contributed by atoms with Gasteiger partial charge >= 0.3 is 11.9 Å². The first-order valence-corrected chi connectivity index (χ1v) is 20.5. The summed E-state index contributed by atoms with van der Waals surface area (Å²) in [5.74, 6) is -0.610. The lowest BCUT2D eigenvalue weighted by Gasteiger charge is -2.15. The molecule has 5 heteroatoms. The molecule has 0 spiro atoms. The number of carbonyl (C=O) groups excluding carboxylic acids is 2. The molecule has 0 rings (SSSR count). The fraction of sp³-hybridized carbons (Fsp3) is 0.814. The normalized spacial score (nSPS) is 12.5. The lowest BCUT2D eigenvalue weighted by Crippen LogP contribution is -2.28. The van der Waals surface area contributed by atoms with E-state index in [1.165, 1.54) is 116 Å². The van der Waals surface area contributed by atoms with Crippen molar-refractivity contribution in [3.63, 3.8) is 0 Å². The van der Waals surface area contributed by atoms with Gasteiger partial charge in [0.25, 0.3) is 0 Å². The lowest BCUT2D eigenvalue weighted by atomic mass is 10.0. The van der Waals surface area contributed by atoms with E-state index < -0.39 is 6.10 Å². The van der Waals surface area contributed by atoms with E-state index in [0.29, 0.717) is 12.8 Å². The van der Waals surface area contributed by atoms with Crippen molar-refractivity contribution in [2.45, 2.75) is 213 Å². The molecule has 0 bridgehead atoms. The Bertz CT molecular complexity index is 771. The predicted molar refractivity (Wildman–Crippen MR) is 205 cm³/mol. The number of ether oxygens (including phenoxy) is 2. The molecule has 0 aromatic carbocycles. The van der Waals surface area contributed by atoms with E-state index in [1.807, 2.05) is 0 Å². The van der Waals surface area contributed by atoms with E-state index in [4.69, 9.17) is 9.47 Å². The molecule has 0 saturated heterocycles. The first kappa shape index (κ1) is 46.1. The molecule has 0 radical (unpaired) electrons. The topological polar surface area (TPSA) is 72.8 Å². The van der Waals surface area contributed by atoms with E-state index in [2.05, 4.69) is 50.3 Å². The van der Waals surface area contributed by atoms with Crippen LogP contribution in [-0.2, 0) is 19.1 Å². The highest BCUT2D eigenvalue weighted by atomic mass is 16.6. The number of carbonyl (C=O) groups is 2. The summed E-state index contributed by atoms with van der Waals surface area (Å²) in [5.41, 5.74) is 0. The van der Waals surface area contributed by atoms with Crippen LogP contribution in [0.3, 0.4) is 0 Å². The molecule has 0 saturated carbocycles. The van der Waals surface area contributed by atoms with Gasteiger partial charge in [-0.25, -0.2) is 0 Å². The molecule has 1 atom stereocenters. The maximum Gasteiger partial charge on any atom is 0.306 e. The largest absolute Gasteiger partial charge is 0.462 e. The average molecular weight is 675 g/mol. The van der Waals surface area contributed by atoms with Crippen LogP contribution >= 0.6 is 0 Å². The molecule has 0 aromatic rings. The van der Waals surface area contributed by atoms with Gasteiger partial charge in [-0.05, 0) is 51.4 Å². The minimum atomic E-state index is -0.780. The molecule has 0 aliphatic heterocycles. The van der Waals surface area contributed by atoms with Crippen LogP contribution in [0.25, 0.3) is 0 Å². The summed E-state index contributed by atoms with van der Waals surface area (Å²) in [6, 6.07) is 0. The third-order valence-electron chi connectivity index (χ3n) is 8.94. The van der Waals surface area contributed by atoms with Crippen LogP contribution in [0.15, 0.2) is 36.5 Å². The summed E-state index contributed by atoms with van der Waals surface area (Å²) in [6.07, 6.45) is 47.7. The van der Waals surface area contributed by atoms with Crippen LogP contribution < -0.4 is 0 Å². The van der Waals surface area contributed by atoms with Gasteiger partial charge in [0.05, 0.1) is 6.61 Å². The Morgan fingerprint density at radius 1 is 0.479 bits per heavy atom. The number of rotatable bonds is 37. The van der Waals surface area contributed by atoms with Gasteiger partial charge in [-0.1, -0.05) is 179 Å². The van der Waals surface area contributed by atoms with Crippen LogP contribution in [0.5, 0.6) is 0 Å². The Balaban J connectivity index is 3.57. The maximum absolute atomic E-state index is 12.2. The second-order valence-electron chi connectivity index (χ2n) is 13.7. The van der Waals surface area contributed by atoms with Gasteiger partial charge in [0, 0.05) is 12.8 Å². The second kappa shape index (κ2) is 39.6. The molecule has 1 N–H and O–H groups in total. The second-order valence-corrected chi connectivity index (χ2v) is 13.7. The molecule has 0 aliphatic carbocycles. The van der Waals surface area contributed by atoms with E-state index in [9.17, 15) is 14.7 Å². The molecular formula is C43H78O5. The summed E-state index contributed by atoms with van der Waals surface area (Å²) in [6.45, 7) is 4.10. The Labute approximate surface area is 297 Å². The molecule has 0 aromatic heterocycles. The highest BCUT2D eigenvalue weighted by molar-refractivity contribution is 5.70. The zero-order chi connectivity index (χ0) is 35.0. The first-order valence-electron chi connectivity index (χ1n) is 20.5. The predicted octanol–water partition coefficient (Wildman–Crippen LogP) is 12.8. The third kappa shape index (κ3) is 36.9. The van der Waals surface area contributed by atoms with Crippen molar-refractivity contribution in [3.8, 4) is 0 Å². The summed E-state index contributed by atoms with van der Waals surface area (Å²) >= 11 is 0. The standard InChI is InChI=1S/C43H78O5/c1-3-5-7-9-11-13-15-17-19-21-23-25-27-29-31-33-35-37-42(45)47-40-41(39-44)48-43(46)38-36-34-32-30-28-26-24-22-20-18-16-14-12-10-8-6-4-2/h12,14,18,20,24,26,41,44H,3-11,13,15-17,19,21-23,25,27-40H2,1-2H3. The summed E-state index contributed by atoms with van der Waals surface area (Å²) < 4.78 is 10.6. The van der Waals surface area contributed by atoms with Gasteiger partial charge in [0.1, 0.15) is 6.61 Å². The highest BCUT2D eigenvalue weighted by Gasteiger charge is 2.16. The molecule has 48 heavy (non-hydrogen) atoms. The van der Waals surface area contributed by atoms with Crippen LogP contribution in [0, 0.1) is 0 Å². The van der Waals surface area contributed by atoms with Crippen molar-refractivity contribution < 1.29 is 24.2 Å². The minimum Gasteiger partial charge on any atom is -0.462 e.